The summed E-state index contributed by atoms with van der Waals surface area (Å²) < 4.78 is 6.68. The Hall–Kier alpha value is 0.648. The van der Waals surface area contributed by atoms with Gasteiger partial charge in [-0.15, -0.1) is 0 Å². The fourth-order valence-electron chi connectivity index (χ4n) is 0. The summed E-state index contributed by atoms with van der Waals surface area (Å²) in [5.41, 5.74) is 0. The molecule has 0 unspecified atom stereocenters. The van der Waals surface area contributed by atoms with E-state index in [1.165, 1.54) is 0 Å². The molecule has 2 heteroatoms. The van der Waals surface area contributed by atoms with E-state index in [9.17, 15) is 0 Å². The van der Waals surface area contributed by atoms with Crippen molar-refractivity contribution in [2.75, 3.05) is 0 Å². The van der Waals surface area contributed by atoms with Crippen LogP contribution in [0.25, 0.3) is 0 Å². The molecule has 0 saturated heterocycles. The van der Waals surface area contributed by atoms with E-state index < -0.39 is 11.3 Å². The van der Waals surface area contributed by atoms with Crippen LogP contribution in [0.4, 0.5) is 0 Å². The second-order valence-corrected chi connectivity index (χ2v) is 79.6. The first-order chi connectivity index (χ1) is 3.43. The molecule has 0 saturated carbocycles. The van der Waals surface area contributed by atoms with Crippen LogP contribution in [0.3, 0.4) is 0 Å². The van der Waals surface area contributed by atoms with Gasteiger partial charge in [-0.1, -0.05) is 0 Å². The van der Waals surface area contributed by atoms with E-state index in [-0.39, 0.29) is 0 Å². The fourth-order valence-corrected chi connectivity index (χ4v) is 0. The zero-order valence-corrected chi connectivity index (χ0v) is 11.6. The van der Waals surface area contributed by atoms with Gasteiger partial charge in [-0.25, -0.2) is 0 Å². The van der Waals surface area contributed by atoms with Crippen LogP contribution in [-0.2, 0) is 11.3 Å². The van der Waals surface area contributed by atoms with E-state index in [1.807, 2.05) is 0 Å². The van der Waals surface area contributed by atoms with Crippen LogP contribution in [0, 0.1) is 0 Å². The zero-order chi connectivity index (χ0) is 9.06. The minimum atomic E-state index is -3.95. The average Bonchev–Trinajstić information content (AvgIpc) is 1.25. The van der Waals surface area contributed by atoms with Gasteiger partial charge in [0, 0.05) is 0 Å². The molecule has 0 aromatic heterocycles. The van der Waals surface area contributed by atoms with Crippen molar-refractivity contribution in [3.63, 3.8) is 0 Å². The quantitative estimate of drug-likeness (QED) is 0.780. The normalized spacial score (nSPS) is 29.2. The third-order valence-corrected chi connectivity index (χ3v) is 15.5. The Bertz CT molecular complexity index is 179. The van der Waals surface area contributed by atoms with E-state index in [4.69, 9.17) is 4.29 Å². The Morgan fingerprint density at radius 3 is 1.00 bits per heavy atom. The molecule has 1 nitrogen and oxygen atoms in total. The molecule has 0 heterocycles. The first-order valence-corrected chi connectivity index (χ1v) is 25.0. The Balaban J connectivity index is 5.87. The predicted octanol–water partition coefficient (Wildman–Crippen LogP) is 3.88. The molecule has 0 aromatic carbocycles. The van der Waals surface area contributed by atoms with Crippen LogP contribution in [0.1, 0.15) is 6.92 Å². The molecule has 0 rings (SSSR count). The van der Waals surface area contributed by atoms with Gasteiger partial charge in [-0.2, -0.15) is 0 Å². The molecule has 0 spiro atoms. The molecule has 0 amide bonds. The average molecular weight is 319 g/mol. The van der Waals surface area contributed by atoms with Gasteiger partial charge in [0.05, 0.1) is 0 Å². The molecule has 0 bridgehead atoms. The van der Waals surface area contributed by atoms with E-state index >= 15 is 0 Å². The molecule has 0 aliphatic carbocycles. The minimum absolute atomic E-state index is 1.09. The molecule has 0 fully saturated rings. The van der Waals surface area contributed by atoms with E-state index in [2.05, 4.69) is 38.8 Å². The maximum absolute atomic E-state index is 6.68. The molecule has 0 radical (unpaired) electrons. The Labute approximate surface area is 59.4 Å². The Morgan fingerprint density at radius 2 is 1.00 bits per heavy atom. The van der Waals surface area contributed by atoms with Gasteiger partial charge in [0.25, 0.3) is 0 Å². The van der Waals surface area contributed by atoms with Gasteiger partial charge in [0.15, 0.2) is 0 Å². The van der Waals surface area contributed by atoms with Crippen LogP contribution >= 0.6 is 0 Å². The monoisotopic (exact) mass is 319 g/mol. The van der Waals surface area contributed by atoms with Gasteiger partial charge in [0.1, 0.15) is 0 Å². The van der Waals surface area contributed by atoms with Gasteiger partial charge in [-0.3, -0.25) is 0 Å². The molecule has 0 aliphatic rings. The van der Waals surface area contributed by atoms with Crippen molar-refractivity contribution in [1.82, 2.24) is 0 Å². The number of hydrogen-bond donors (Lipinski definition) is 1. The van der Waals surface area contributed by atoms with Crippen molar-refractivity contribution in [3.8, 4) is 0 Å². The summed E-state index contributed by atoms with van der Waals surface area (Å²) in [6, 6.07) is 0. The molecule has 10 heavy (non-hydrogen) atoms. The molecular formula is C8H25NW. The SMILES string of the molecule is C[CH2][W]([CH3])([CH3])([CH3])([CH3])([CH3])([CH3])[NH2]. The first-order valence-electron chi connectivity index (χ1n) is 3.68. The zero-order valence-electron chi connectivity index (χ0n) is 8.69. The Kier molecular flexibility index (Phi) is 0.874. The third kappa shape index (κ3) is 8.65. The van der Waals surface area contributed by atoms with Crippen LogP contribution < -0.4 is 4.29 Å². The van der Waals surface area contributed by atoms with Gasteiger partial charge < -0.3 is 0 Å². The molecule has 68 valence electrons. The molecule has 0 aliphatic heterocycles. The topological polar surface area (TPSA) is 26.0 Å². The summed E-state index contributed by atoms with van der Waals surface area (Å²) in [4.78, 5) is 1.09. The second kappa shape index (κ2) is 0.821. The number of rotatable bonds is 1. The van der Waals surface area contributed by atoms with Crippen molar-refractivity contribution in [2.24, 2.45) is 4.29 Å². The van der Waals surface area contributed by atoms with Gasteiger partial charge >= 0.3 is 59.2 Å². The van der Waals surface area contributed by atoms with Crippen molar-refractivity contribution >= 4 is 0 Å². The molecule has 0 atom stereocenters. The summed E-state index contributed by atoms with van der Waals surface area (Å²) in [5, 5.41) is 13.7. The number of nitrogens with two attached hydrogens (primary N) is 1. The Morgan fingerprint density at radius 1 is 0.900 bits per heavy atom. The third-order valence-electron chi connectivity index (χ3n) is 1.90. The van der Waals surface area contributed by atoms with Gasteiger partial charge in [0.2, 0.25) is 0 Å². The van der Waals surface area contributed by atoms with E-state index in [0.717, 1.165) is 4.81 Å². The van der Waals surface area contributed by atoms with Crippen molar-refractivity contribution in [2.45, 2.75) is 43.6 Å². The van der Waals surface area contributed by atoms with Crippen molar-refractivity contribution in [3.05, 3.63) is 0 Å². The molecule has 2 N–H and O–H groups in total. The standard InChI is InChI=1S/C2H5.6CH3.H2N.W/c1-2;;;;;;;;/h1H2,2H3;6*1H3;1H2;/q;;;;;;;-1;+1. The first kappa shape index (κ1) is 10.6. The maximum atomic E-state index is 6.68. The van der Waals surface area contributed by atoms with Crippen LogP contribution in [0.2, 0.25) is 36.7 Å². The summed E-state index contributed by atoms with van der Waals surface area (Å²) in [7, 11) is 0. The van der Waals surface area contributed by atoms with Crippen LogP contribution in [0.5, 0.6) is 0 Å². The molecular weight excluding hydrogens is 294 g/mol. The van der Waals surface area contributed by atoms with E-state index in [0.29, 0.717) is 0 Å². The van der Waals surface area contributed by atoms with Gasteiger partial charge in [-0.05, 0) is 0 Å². The van der Waals surface area contributed by atoms with Crippen LogP contribution in [-0.4, -0.2) is 0 Å². The van der Waals surface area contributed by atoms with E-state index in [1.54, 1.807) is 0 Å². The fraction of sp³-hybridized carbons (Fsp3) is 1.00. The second-order valence-electron chi connectivity index (χ2n) is 9.73. The van der Waals surface area contributed by atoms with Crippen LogP contribution in [0.15, 0.2) is 0 Å². The summed E-state index contributed by atoms with van der Waals surface area (Å²) in [5.74, 6) is 0. The summed E-state index contributed by atoms with van der Waals surface area (Å²) in [6.45, 7) is 2.20. The molecule has 0 aromatic rings. The predicted molar refractivity (Wildman–Crippen MR) is 49.9 cm³/mol. The number of hydrogen-bond acceptors (Lipinski definition) is 1. The van der Waals surface area contributed by atoms with Crippen molar-refractivity contribution < 1.29 is 11.3 Å². The summed E-state index contributed by atoms with van der Waals surface area (Å²) in [6.07, 6.45) is 0. The summed E-state index contributed by atoms with van der Waals surface area (Å²) >= 11 is -3.95. The van der Waals surface area contributed by atoms with Crippen molar-refractivity contribution in [1.29, 1.82) is 0 Å².